The van der Waals surface area contributed by atoms with E-state index in [9.17, 15) is 18.8 Å². The van der Waals surface area contributed by atoms with Crippen molar-refractivity contribution in [1.82, 2.24) is 4.57 Å². The van der Waals surface area contributed by atoms with E-state index < -0.39 is 23.4 Å². The van der Waals surface area contributed by atoms with Gasteiger partial charge in [0, 0.05) is 17.8 Å². The summed E-state index contributed by atoms with van der Waals surface area (Å²) in [7, 11) is 0. The molecule has 1 aliphatic heterocycles. The average Bonchev–Trinajstić information content (AvgIpc) is 3.28. The minimum Gasteiger partial charge on any atom is -0.460 e. The van der Waals surface area contributed by atoms with Gasteiger partial charge >= 0.3 is 17.9 Å². The molecule has 9 heteroatoms. The lowest BCUT2D eigenvalue weighted by Crippen LogP contribution is -2.30. The second-order valence-corrected chi connectivity index (χ2v) is 12.1. The maximum absolute atomic E-state index is 14.2. The number of benzene rings is 2. The lowest BCUT2D eigenvalue weighted by molar-refractivity contribution is -0.160. The van der Waals surface area contributed by atoms with Gasteiger partial charge in [-0.2, -0.15) is 0 Å². The Morgan fingerprint density at radius 1 is 1.05 bits per heavy atom. The van der Waals surface area contributed by atoms with Crippen LogP contribution in [0.15, 0.2) is 48.7 Å². The molecule has 0 N–H and O–H groups in total. The van der Waals surface area contributed by atoms with Crippen molar-refractivity contribution in [2.24, 2.45) is 5.92 Å². The highest BCUT2D eigenvalue weighted by molar-refractivity contribution is 14.1. The fourth-order valence-electron chi connectivity index (χ4n) is 5.22. The Hall–Kier alpha value is -3.21. The molecule has 0 saturated heterocycles. The van der Waals surface area contributed by atoms with Gasteiger partial charge in [0.2, 0.25) is 0 Å². The van der Waals surface area contributed by atoms with Gasteiger partial charge < -0.3 is 18.8 Å². The average molecular weight is 645 g/mol. The number of esters is 3. The first-order valence-corrected chi connectivity index (χ1v) is 14.1. The lowest BCUT2D eigenvalue weighted by atomic mass is 9.97. The third-order valence-corrected chi connectivity index (χ3v) is 7.80. The van der Waals surface area contributed by atoms with Gasteiger partial charge in [-0.1, -0.05) is 31.0 Å². The summed E-state index contributed by atoms with van der Waals surface area (Å²) in [4.78, 5) is 38.4. The molecule has 1 aliphatic carbocycles. The topological polar surface area (TPSA) is 83.8 Å². The van der Waals surface area contributed by atoms with E-state index in [1.807, 2.05) is 47.9 Å². The van der Waals surface area contributed by atoms with Gasteiger partial charge in [0.05, 0.1) is 9.49 Å². The number of hydrogen-bond donors (Lipinski definition) is 0. The maximum atomic E-state index is 14.2. The molecule has 1 aromatic heterocycles. The van der Waals surface area contributed by atoms with Crippen LogP contribution in [0, 0.1) is 15.3 Å². The molecule has 0 spiro atoms. The van der Waals surface area contributed by atoms with Crippen LogP contribution in [0.4, 0.5) is 4.39 Å². The number of cyclic esters (lactones) is 2. The van der Waals surface area contributed by atoms with Crippen molar-refractivity contribution in [2.75, 3.05) is 0 Å². The lowest BCUT2D eigenvalue weighted by Gasteiger charge is -2.26. The molecule has 5 rings (SSSR count). The predicted octanol–water partition coefficient (Wildman–Crippen LogP) is 7.46. The van der Waals surface area contributed by atoms with Crippen molar-refractivity contribution in [3.63, 3.8) is 0 Å². The molecule has 2 aliphatic rings. The fourth-order valence-corrected chi connectivity index (χ4v) is 5.79. The van der Waals surface area contributed by atoms with Gasteiger partial charge in [0.1, 0.15) is 22.6 Å². The number of hydrogen-bond acceptors (Lipinski definition) is 6. The number of para-hydroxylation sites is 1. The van der Waals surface area contributed by atoms with E-state index >= 15 is 0 Å². The van der Waals surface area contributed by atoms with Gasteiger partial charge in [-0.25, -0.2) is 14.0 Å². The largest absolute Gasteiger partial charge is 0.460 e. The summed E-state index contributed by atoms with van der Waals surface area (Å²) in [5.41, 5.74) is 1.09. The predicted molar refractivity (Wildman–Crippen MR) is 150 cm³/mol. The minimum absolute atomic E-state index is 0.139. The van der Waals surface area contributed by atoms with Crippen LogP contribution in [0.5, 0.6) is 11.5 Å². The summed E-state index contributed by atoms with van der Waals surface area (Å²) in [5, 5.41) is 0. The van der Waals surface area contributed by atoms with Crippen LogP contribution in [0.1, 0.15) is 79.8 Å². The van der Waals surface area contributed by atoms with Gasteiger partial charge in [0.15, 0.2) is 11.6 Å². The Kier molecular flexibility index (Phi) is 7.54. The zero-order chi connectivity index (χ0) is 27.9. The number of carbonyl (C=O) groups excluding carboxylic acids is 3. The smallest absolute Gasteiger partial charge is 0.363 e. The van der Waals surface area contributed by atoms with Gasteiger partial charge in [0.25, 0.3) is 0 Å². The van der Waals surface area contributed by atoms with Crippen molar-refractivity contribution in [1.29, 1.82) is 0 Å². The first kappa shape index (κ1) is 27.4. The number of ether oxygens (including phenoxy) is 3. The van der Waals surface area contributed by atoms with E-state index in [1.165, 1.54) is 6.07 Å². The molecule has 0 radical (unpaired) electrons. The Labute approximate surface area is 239 Å². The van der Waals surface area contributed by atoms with Gasteiger partial charge in [-0.15, -0.1) is 0 Å². The van der Waals surface area contributed by atoms with Crippen LogP contribution in [0.3, 0.4) is 0 Å². The Morgan fingerprint density at radius 2 is 1.77 bits per heavy atom. The Balaban J connectivity index is 1.46. The monoisotopic (exact) mass is 645 g/mol. The van der Waals surface area contributed by atoms with Gasteiger partial charge in [-0.3, -0.25) is 4.79 Å². The number of halogens is 2. The molecular weight excluding hydrogens is 616 g/mol. The van der Waals surface area contributed by atoms with Crippen LogP contribution in [-0.2, 0) is 14.3 Å². The molecule has 3 aromatic rings. The summed E-state index contributed by atoms with van der Waals surface area (Å²) < 4.78 is 33.1. The van der Waals surface area contributed by atoms with Crippen LogP contribution in [0.25, 0.3) is 11.1 Å². The first-order chi connectivity index (χ1) is 18.5. The summed E-state index contributed by atoms with van der Waals surface area (Å²) >= 11 is 2.01. The molecule has 2 aromatic carbocycles. The third-order valence-electron chi connectivity index (χ3n) is 6.95. The fraction of sp³-hybridized carbons (Fsp3) is 0.367. The highest BCUT2D eigenvalue weighted by Gasteiger charge is 2.40. The molecule has 204 valence electrons. The molecule has 0 bridgehead atoms. The Bertz CT molecular complexity index is 1420. The molecule has 1 saturated carbocycles. The van der Waals surface area contributed by atoms with Gasteiger partial charge in [-0.05, 0) is 92.5 Å². The molecule has 1 fully saturated rings. The van der Waals surface area contributed by atoms with Crippen molar-refractivity contribution in [3.05, 3.63) is 69.3 Å². The second-order valence-electron chi connectivity index (χ2n) is 10.9. The highest BCUT2D eigenvalue weighted by atomic mass is 127. The van der Waals surface area contributed by atoms with Crippen molar-refractivity contribution in [2.45, 2.75) is 64.5 Å². The molecule has 39 heavy (non-hydrogen) atoms. The summed E-state index contributed by atoms with van der Waals surface area (Å²) in [6.45, 7) is 5.54. The number of nitrogens with zero attached hydrogens (tertiary/aromatic N) is 1. The molecule has 0 amide bonds. The van der Waals surface area contributed by atoms with E-state index in [-0.39, 0.29) is 34.9 Å². The SMILES string of the molecule is CC(C)(C)OC(=O)C1CCCC[C@@H](n2cc(-c3ccc(Oc4c(F)cccc4I)cc3)c3c2C(=O)OC3=O)C1. The standard InChI is InChI=1S/C30H29FINO6/c1-30(2,3)39-27(34)18-7-4-5-8-19(15-18)33-16-21(24-25(33)29(36)38-28(24)35)17-11-13-20(14-12-17)37-26-22(31)9-6-10-23(26)32/h6,9-14,16,18-19H,4-5,7-8,15H2,1-3H3/t18?,19-/m1/s1. The second kappa shape index (κ2) is 10.7. The summed E-state index contributed by atoms with van der Waals surface area (Å²) in [6, 6.07) is 11.4. The van der Waals surface area contributed by atoms with Crippen molar-refractivity contribution in [3.8, 4) is 22.6 Å². The van der Waals surface area contributed by atoms with E-state index in [2.05, 4.69) is 0 Å². The molecule has 2 heterocycles. The quantitative estimate of drug-likeness (QED) is 0.124. The number of carbonyl (C=O) groups is 3. The van der Waals surface area contributed by atoms with Crippen LogP contribution < -0.4 is 4.74 Å². The molecule has 1 unspecified atom stereocenters. The van der Waals surface area contributed by atoms with E-state index in [4.69, 9.17) is 14.2 Å². The minimum atomic E-state index is -0.692. The molecular formula is C30H29FINO6. The number of aromatic nitrogens is 1. The zero-order valence-electron chi connectivity index (χ0n) is 22.0. The maximum Gasteiger partial charge on any atom is 0.363 e. The van der Waals surface area contributed by atoms with Crippen LogP contribution in [0.2, 0.25) is 0 Å². The van der Waals surface area contributed by atoms with Crippen LogP contribution >= 0.6 is 22.6 Å². The number of rotatable bonds is 5. The summed E-state index contributed by atoms with van der Waals surface area (Å²) in [6.07, 6.45) is 5.55. The van der Waals surface area contributed by atoms with Crippen molar-refractivity contribution < 1.29 is 33.0 Å². The van der Waals surface area contributed by atoms with Crippen molar-refractivity contribution >= 4 is 40.5 Å². The normalized spacial score (nSPS) is 19.3. The summed E-state index contributed by atoms with van der Waals surface area (Å²) in [5.74, 6) is -1.81. The van der Waals surface area contributed by atoms with E-state index in [0.717, 1.165) is 19.3 Å². The van der Waals surface area contributed by atoms with Crippen LogP contribution in [-0.4, -0.2) is 28.1 Å². The van der Waals surface area contributed by atoms with E-state index in [0.29, 0.717) is 33.3 Å². The number of fused-ring (bicyclic) bond motifs is 1. The first-order valence-electron chi connectivity index (χ1n) is 13.0. The third kappa shape index (κ3) is 5.73. The molecule has 2 atom stereocenters. The highest BCUT2D eigenvalue weighted by Crippen LogP contribution is 2.40. The zero-order valence-corrected chi connectivity index (χ0v) is 24.1. The molecule has 7 nitrogen and oxygen atoms in total. The Morgan fingerprint density at radius 3 is 2.46 bits per heavy atom. The van der Waals surface area contributed by atoms with E-state index in [1.54, 1.807) is 42.6 Å².